The third-order valence-electron chi connectivity index (χ3n) is 3.19. The van der Waals surface area contributed by atoms with Gasteiger partial charge in [0.05, 0.1) is 11.4 Å². The maximum Gasteiger partial charge on any atom is 0.240 e. The van der Waals surface area contributed by atoms with Gasteiger partial charge in [-0.1, -0.05) is 12.1 Å². The molecule has 0 unspecified atom stereocenters. The van der Waals surface area contributed by atoms with Gasteiger partial charge in [0.15, 0.2) is 0 Å². The zero-order valence-corrected chi connectivity index (χ0v) is 12.5. The molecule has 0 fully saturated rings. The summed E-state index contributed by atoms with van der Waals surface area (Å²) in [4.78, 5) is 6.09. The van der Waals surface area contributed by atoms with Crippen LogP contribution in [0.4, 0.5) is 11.4 Å². The SMILES string of the molecule is CN(CCc1ccccn1)c1cccc(S(N)(=O)=O)c1N. The molecule has 0 aliphatic rings. The highest BCUT2D eigenvalue weighted by molar-refractivity contribution is 7.89. The molecule has 112 valence electrons. The Morgan fingerprint density at radius 2 is 1.95 bits per heavy atom. The first-order valence-corrected chi connectivity index (χ1v) is 7.96. The van der Waals surface area contributed by atoms with Crippen molar-refractivity contribution >= 4 is 21.4 Å². The molecular formula is C14H18N4O2S. The molecular weight excluding hydrogens is 288 g/mol. The number of para-hydroxylation sites is 1. The van der Waals surface area contributed by atoms with Gasteiger partial charge in [0.25, 0.3) is 0 Å². The van der Waals surface area contributed by atoms with Gasteiger partial charge in [0.2, 0.25) is 10.0 Å². The molecule has 0 aliphatic heterocycles. The number of sulfonamides is 1. The van der Waals surface area contributed by atoms with Crippen LogP contribution in [0.15, 0.2) is 47.5 Å². The third kappa shape index (κ3) is 3.71. The van der Waals surface area contributed by atoms with Crippen molar-refractivity contribution in [3.8, 4) is 0 Å². The first-order chi connectivity index (χ1) is 9.89. The summed E-state index contributed by atoms with van der Waals surface area (Å²) in [7, 11) is -1.97. The average molecular weight is 306 g/mol. The molecule has 2 rings (SSSR count). The molecule has 0 aliphatic carbocycles. The molecule has 0 bridgehead atoms. The maximum absolute atomic E-state index is 11.5. The summed E-state index contributed by atoms with van der Waals surface area (Å²) in [6, 6.07) is 10.5. The fourth-order valence-corrected chi connectivity index (χ4v) is 2.74. The highest BCUT2D eigenvalue weighted by Gasteiger charge is 2.16. The minimum absolute atomic E-state index is 0.0512. The molecule has 1 aromatic carbocycles. The van der Waals surface area contributed by atoms with Crippen molar-refractivity contribution in [2.45, 2.75) is 11.3 Å². The number of primary sulfonamides is 1. The molecule has 4 N–H and O–H groups in total. The van der Waals surface area contributed by atoms with Crippen LogP contribution in [0, 0.1) is 0 Å². The highest BCUT2D eigenvalue weighted by atomic mass is 32.2. The van der Waals surface area contributed by atoms with Gasteiger partial charge in [-0.15, -0.1) is 0 Å². The van der Waals surface area contributed by atoms with Crippen LogP contribution in [-0.2, 0) is 16.4 Å². The minimum Gasteiger partial charge on any atom is -0.396 e. The number of likely N-dealkylation sites (N-methyl/N-ethyl adjacent to an activating group) is 1. The molecule has 7 heteroatoms. The number of hydrogen-bond donors (Lipinski definition) is 2. The number of pyridine rings is 1. The largest absolute Gasteiger partial charge is 0.396 e. The van der Waals surface area contributed by atoms with Crippen LogP contribution >= 0.6 is 0 Å². The normalized spacial score (nSPS) is 11.3. The van der Waals surface area contributed by atoms with E-state index in [2.05, 4.69) is 4.98 Å². The van der Waals surface area contributed by atoms with Crippen molar-refractivity contribution in [2.75, 3.05) is 24.2 Å². The van der Waals surface area contributed by atoms with E-state index in [9.17, 15) is 8.42 Å². The third-order valence-corrected chi connectivity index (χ3v) is 4.16. The standard InChI is InChI=1S/C14H18N4O2S/c1-18(10-8-11-5-2-3-9-17-11)12-6-4-7-13(14(12)15)21(16,19)20/h2-7,9H,8,10,15H2,1H3,(H2,16,19,20). The molecule has 0 saturated carbocycles. The first kappa shape index (κ1) is 15.3. The lowest BCUT2D eigenvalue weighted by Crippen LogP contribution is -2.23. The molecule has 0 amide bonds. The van der Waals surface area contributed by atoms with E-state index < -0.39 is 10.0 Å². The smallest absolute Gasteiger partial charge is 0.240 e. The van der Waals surface area contributed by atoms with Crippen molar-refractivity contribution < 1.29 is 8.42 Å². The predicted molar refractivity (Wildman–Crippen MR) is 83.4 cm³/mol. The van der Waals surface area contributed by atoms with E-state index in [0.29, 0.717) is 12.2 Å². The molecule has 0 radical (unpaired) electrons. The highest BCUT2D eigenvalue weighted by Crippen LogP contribution is 2.28. The van der Waals surface area contributed by atoms with Gasteiger partial charge in [-0.05, 0) is 24.3 Å². The summed E-state index contributed by atoms with van der Waals surface area (Å²) in [5.74, 6) is 0. The van der Waals surface area contributed by atoms with Crippen molar-refractivity contribution in [1.82, 2.24) is 4.98 Å². The summed E-state index contributed by atoms with van der Waals surface area (Å²) in [5, 5.41) is 5.16. The van der Waals surface area contributed by atoms with Crippen molar-refractivity contribution in [3.63, 3.8) is 0 Å². The average Bonchev–Trinajstić information content (AvgIpc) is 2.45. The minimum atomic E-state index is -3.82. The summed E-state index contributed by atoms with van der Waals surface area (Å²) in [6.07, 6.45) is 2.47. The topological polar surface area (TPSA) is 102 Å². The van der Waals surface area contributed by atoms with Crippen LogP contribution in [0.5, 0.6) is 0 Å². The Balaban J connectivity index is 2.18. The summed E-state index contributed by atoms with van der Waals surface area (Å²) in [6.45, 7) is 0.662. The van der Waals surface area contributed by atoms with Gasteiger partial charge in [-0.2, -0.15) is 0 Å². The van der Waals surface area contributed by atoms with Gasteiger partial charge in [0.1, 0.15) is 4.90 Å². The van der Waals surface area contributed by atoms with Crippen LogP contribution in [0.3, 0.4) is 0 Å². The fraction of sp³-hybridized carbons (Fsp3) is 0.214. The van der Waals surface area contributed by atoms with E-state index in [1.165, 1.54) is 6.07 Å². The lowest BCUT2D eigenvalue weighted by atomic mass is 10.2. The molecule has 2 aromatic rings. The molecule has 0 spiro atoms. The van der Waals surface area contributed by atoms with Crippen molar-refractivity contribution in [2.24, 2.45) is 5.14 Å². The van der Waals surface area contributed by atoms with Crippen LogP contribution in [0.1, 0.15) is 5.69 Å². The Morgan fingerprint density at radius 3 is 2.57 bits per heavy atom. The number of aromatic nitrogens is 1. The van der Waals surface area contributed by atoms with E-state index in [1.54, 1.807) is 18.3 Å². The molecule has 6 nitrogen and oxygen atoms in total. The number of nitrogens with two attached hydrogens (primary N) is 2. The van der Waals surface area contributed by atoms with Crippen LogP contribution < -0.4 is 15.8 Å². The second-order valence-corrected chi connectivity index (χ2v) is 6.26. The Bertz CT molecular complexity index is 717. The Hall–Kier alpha value is -2.12. The number of nitrogens with zero attached hydrogens (tertiary/aromatic N) is 2. The number of benzene rings is 1. The first-order valence-electron chi connectivity index (χ1n) is 6.42. The fourth-order valence-electron chi connectivity index (χ4n) is 2.06. The summed E-state index contributed by atoms with van der Waals surface area (Å²) in [5.41, 5.74) is 7.69. The molecule has 0 saturated heterocycles. The molecule has 21 heavy (non-hydrogen) atoms. The van der Waals surface area contributed by atoms with Gasteiger partial charge in [-0.25, -0.2) is 13.6 Å². The van der Waals surface area contributed by atoms with Crippen LogP contribution in [0.25, 0.3) is 0 Å². The number of nitrogen functional groups attached to an aromatic ring is 1. The van der Waals surface area contributed by atoms with Crippen molar-refractivity contribution in [1.29, 1.82) is 0 Å². The second-order valence-electron chi connectivity index (χ2n) is 4.73. The van der Waals surface area contributed by atoms with E-state index in [1.807, 2.05) is 30.1 Å². The monoisotopic (exact) mass is 306 g/mol. The second kappa shape index (κ2) is 6.11. The predicted octanol–water partition coefficient (Wildman–Crippen LogP) is 0.990. The van der Waals surface area contributed by atoms with Crippen molar-refractivity contribution in [3.05, 3.63) is 48.3 Å². The Morgan fingerprint density at radius 1 is 1.19 bits per heavy atom. The number of hydrogen-bond acceptors (Lipinski definition) is 5. The summed E-state index contributed by atoms with van der Waals surface area (Å²) >= 11 is 0. The van der Waals surface area contributed by atoms with E-state index in [-0.39, 0.29) is 10.6 Å². The van der Waals surface area contributed by atoms with Crippen LogP contribution in [-0.4, -0.2) is 27.0 Å². The molecule has 1 aromatic heterocycles. The van der Waals surface area contributed by atoms with Gasteiger partial charge < -0.3 is 10.6 Å². The van der Waals surface area contributed by atoms with E-state index in [4.69, 9.17) is 10.9 Å². The maximum atomic E-state index is 11.5. The lowest BCUT2D eigenvalue weighted by molar-refractivity contribution is 0.598. The zero-order valence-electron chi connectivity index (χ0n) is 11.7. The zero-order chi connectivity index (χ0) is 15.5. The Labute approximate surface area is 124 Å². The number of rotatable bonds is 5. The molecule has 0 atom stereocenters. The van der Waals surface area contributed by atoms with E-state index in [0.717, 1.165) is 12.1 Å². The van der Waals surface area contributed by atoms with Crippen LogP contribution in [0.2, 0.25) is 0 Å². The quantitative estimate of drug-likeness (QED) is 0.802. The van der Waals surface area contributed by atoms with Gasteiger partial charge >= 0.3 is 0 Å². The lowest BCUT2D eigenvalue weighted by Gasteiger charge is -2.22. The van der Waals surface area contributed by atoms with E-state index >= 15 is 0 Å². The number of anilines is 2. The summed E-state index contributed by atoms with van der Waals surface area (Å²) < 4.78 is 23.0. The van der Waals surface area contributed by atoms with Gasteiger partial charge in [-0.3, -0.25) is 4.98 Å². The molecule has 1 heterocycles. The van der Waals surface area contributed by atoms with Gasteiger partial charge in [0, 0.05) is 31.9 Å². The Kier molecular flexibility index (Phi) is 4.44.